The maximum atomic E-state index is 12.6. The summed E-state index contributed by atoms with van der Waals surface area (Å²) in [6, 6.07) is 4.31. The first kappa shape index (κ1) is 15.2. The molecule has 0 radical (unpaired) electrons. The number of β-amino-alcohol motifs (C(OH)–C–C–N with tert-alkyl or cyclic N) is 1. The van der Waals surface area contributed by atoms with Crippen molar-refractivity contribution >= 4 is 11.6 Å². The number of aliphatic hydroxyl groups is 1. The predicted molar refractivity (Wildman–Crippen MR) is 75.4 cm³/mol. The number of rotatable bonds is 4. The van der Waals surface area contributed by atoms with E-state index in [-0.39, 0.29) is 23.5 Å². The molecular formula is C14H18N2O5. The highest BCUT2D eigenvalue weighted by Crippen LogP contribution is 2.32. The average Bonchev–Trinajstić information content (AvgIpc) is 2.78. The molecule has 0 saturated carbocycles. The molecule has 0 aliphatic carbocycles. The number of hydrogen-bond donors (Lipinski definition) is 1. The topological polar surface area (TPSA) is 92.9 Å². The Morgan fingerprint density at radius 1 is 1.57 bits per heavy atom. The number of hydrogen-bond acceptors (Lipinski definition) is 5. The molecule has 1 saturated heterocycles. The smallest absolute Gasteiger partial charge is 0.285 e. The van der Waals surface area contributed by atoms with Crippen LogP contribution in [0, 0.1) is 10.1 Å². The van der Waals surface area contributed by atoms with Crippen molar-refractivity contribution in [2.24, 2.45) is 0 Å². The first-order valence-corrected chi connectivity index (χ1v) is 6.77. The summed E-state index contributed by atoms with van der Waals surface area (Å²) in [5.41, 5.74) is -1.29. The summed E-state index contributed by atoms with van der Waals surface area (Å²) >= 11 is 0. The second-order valence-electron chi connectivity index (χ2n) is 5.31. The Hall–Kier alpha value is -2.15. The highest BCUT2D eigenvalue weighted by molar-refractivity contribution is 6.01. The maximum absolute atomic E-state index is 12.6. The molecule has 1 unspecified atom stereocenters. The molecule has 21 heavy (non-hydrogen) atoms. The molecule has 1 aliphatic heterocycles. The molecule has 7 heteroatoms. The van der Waals surface area contributed by atoms with Crippen LogP contribution in [0.3, 0.4) is 0 Å². The minimum atomic E-state index is -0.953. The fourth-order valence-corrected chi connectivity index (χ4v) is 2.44. The molecule has 7 nitrogen and oxygen atoms in total. The Morgan fingerprint density at radius 3 is 2.81 bits per heavy atom. The summed E-state index contributed by atoms with van der Waals surface area (Å²) in [4.78, 5) is 24.6. The number of likely N-dealkylation sites (tertiary alicyclic amines) is 1. The van der Waals surface area contributed by atoms with E-state index in [0.29, 0.717) is 19.6 Å². The van der Waals surface area contributed by atoms with Gasteiger partial charge in [0.25, 0.3) is 11.6 Å². The van der Waals surface area contributed by atoms with Crippen molar-refractivity contribution in [2.75, 3.05) is 19.7 Å². The third-order valence-electron chi connectivity index (χ3n) is 3.45. The minimum Gasteiger partial charge on any atom is -0.493 e. The van der Waals surface area contributed by atoms with Crippen molar-refractivity contribution in [2.45, 2.75) is 25.9 Å². The summed E-state index contributed by atoms with van der Waals surface area (Å²) in [5.74, 6) is -0.285. The van der Waals surface area contributed by atoms with Crippen LogP contribution in [0.15, 0.2) is 18.2 Å². The van der Waals surface area contributed by atoms with Gasteiger partial charge >= 0.3 is 0 Å². The molecule has 1 N–H and O–H groups in total. The van der Waals surface area contributed by atoms with E-state index in [9.17, 15) is 20.0 Å². The molecule has 114 valence electrons. The molecule has 1 aromatic rings. The molecule has 0 bridgehead atoms. The number of carbonyl (C=O) groups is 1. The monoisotopic (exact) mass is 294 g/mol. The van der Waals surface area contributed by atoms with E-state index in [1.165, 1.54) is 23.1 Å². The average molecular weight is 294 g/mol. The molecule has 1 amide bonds. The van der Waals surface area contributed by atoms with Gasteiger partial charge in [0.1, 0.15) is 5.75 Å². The summed E-state index contributed by atoms with van der Waals surface area (Å²) in [7, 11) is 0. The molecule has 0 spiro atoms. The highest BCUT2D eigenvalue weighted by Gasteiger charge is 2.37. The first-order chi connectivity index (χ1) is 9.85. The summed E-state index contributed by atoms with van der Waals surface area (Å²) in [6.45, 7) is 4.21. The van der Waals surface area contributed by atoms with Gasteiger partial charge in [-0.15, -0.1) is 0 Å². The van der Waals surface area contributed by atoms with E-state index < -0.39 is 16.4 Å². The van der Waals surface area contributed by atoms with Gasteiger partial charge in [-0.1, -0.05) is 6.07 Å². The van der Waals surface area contributed by atoms with Crippen molar-refractivity contribution in [3.8, 4) is 5.75 Å². The Bertz CT molecular complexity index is 570. The number of nitrogens with zero attached hydrogens (tertiary/aromatic N) is 2. The van der Waals surface area contributed by atoms with E-state index >= 15 is 0 Å². The largest absolute Gasteiger partial charge is 0.493 e. The standard InChI is InChI=1S/C14H18N2O5/c1-3-21-11-6-4-5-10(16(19)20)12(11)13(17)15-8-7-14(2,18)9-15/h4-6,18H,3,7-9H2,1-2H3. The lowest BCUT2D eigenvalue weighted by molar-refractivity contribution is -0.385. The van der Waals surface area contributed by atoms with E-state index in [4.69, 9.17) is 4.74 Å². The van der Waals surface area contributed by atoms with Gasteiger partial charge in [-0.05, 0) is 26.3 Å². The molecule has 1 aromatic carbocycles. The molecule has 2 rings (SSSR count). The normalized spacial score (nSPS) is 21.4. The zero-order valence-corrected chi connectivity index (χ0v) is 12.0. The first-order valence-electron chi connectivity index (χ1n) is 6.77. The fourth-order valence-electron chi connectivity index (χ4n) is 2.44. The van der Waals surface area contributed by atoms with Gasteiger partial charge in [0.15, 0.2) is 5.56 Å². The van der Waals surface area contributed by atoms with Gasteiger partial charge in [-0.3, -0.25) is 14.9 Å². The predicted octanol–water partition coefficient (Wildman–Crippen LogP) is 1.59. The third-order valence-corrected chi connectivity index (χ3v) is 3.45. The van der Waals surface area contributed by atoms with Crippen LogP contribution in [0.2, 0.25) is 0 Å². The number of carbonyl (C=O) groups excluding carboxylic acids is 1. The van der Waals surface area contributed by atoms with E-state index in [1.54, 1.807) is 13.8 Å². The van der Waals surface area contributed by atoms with Gasteiger partial charge in [-0.25, -0.2) is 0 Å². The second-order valence-corrected chi connectivity index (χ2v) is 5.31. The highest BCUT2D eigenvalue weighted by atomic mass is 16.6. The molecule has 1 atom stereocenters. The van der Waals surface area contributed by atoms with Crippen molar-refractivity contribution < 1.29 is 19.6 Å². The molecule has 1 aliphatic rings. The molecule has 1 heterocycles. The van der Waals surface area contributed by atoms with Gasteiger partial charge in [-0.2, -0.15) is 0 Å². The van der Waals surface area contributed by atoms with Crippen molar-refractivity contribution in [3.63, 3.8) is 0 Å². The summed E-state index contributed by atoms with van der Waals surface area (Å²) in [6.07, 6.45) is 0.448. The minimum absolute atomic E-state index is 0.0537. The van der Waals surface area contributed by atoms with Gasteiger partial charge in [0.05, 0.1) is 17.1 Å². The lowest BCUT2D eigenvalue weighted by Crippen LogP contribution is -2.34. The van der Waals surface area contributed by atoms with Crippen LogP contribution < -0.4 is 4.74 Å². The van der Waals surface area contributed by atoms with Crippen LogP contribution >= 0.6 is 0 Å². The zero-order valence-electron chi connectivity index (χ0n) is 12.0. The Morgan fingerprint density at radius 2 is 2.29 bits per heavy atom. The lowest BCUT2D eigenvalue weighted by atomic mass is 10.1. The molecule has 1 fully saturated rings. The Kier molecular flexibility index (Phi) is 4.13. The maximum Gasteiger partial charge on any atom is 0.285 e. The van der Waals surface area contributed by atoms with Crippen LogP contribution in [-0.2, 0) is 0 Å². The lowest BCUT2D eigenvalue weighted by Gasteiger charge is -2.20. The van der Waals surface area contributed by atoms with Crippen molar-refractivity contribution in [3.05, 3.63) is 33.9 Å². The van der Waals surface area contributed by atoms with Crippen LogP contribution in [0.5, 0.6) is 5.75 Å². The van der Waals surface area contributed by atoms with E-state index in [0.717, 1.165) is 0 Å². The fraction of sp³-hybridized carbons (Fsp3) is 0.500. The van der Waals surface area contributed by atoms with Crippen molar-refractivity contribution in [1.82, 2.24) is 4.90 Å². The van der Waals surface area contributed by atoms with Crippen LogP contribution in [-0.4, -0.2) is 46.1 Å². The second kappa shape index (κ2) is 5.69. The van der Waals surface area contributed by atoms with Crippen LogP contribution in [0.1, 0.15) is 30.6 Å². The van der Waals surface area contributed by atoms with Gasteiger partial charge in [0.2, 0.25) is 0 Å². The molecule has 0 aromatic heterocycles. The SMILES string of the molecule is CCOc1cccc([N+](=O)[O-])c1C(=O)N1CCC(C)(O)C1. The van der Waals surface area contributed by atoms with Gasteiger partial charge < -0.3 is 14.7 Å². The summed E-state index contributed by atoms with van der Waals surface area (Å²) in [5, 5.41) is 21.1. The Labute approximate surface area is 122 Å². The number of amides is 1. The molecular weight excluding hydrogens is 276 g/mol. The van der Waals surface area contributed by atoms with Crippen LogP contribution in [0.4, 0.5) is 5.69 Å². The zero-order chi connectivity index (χ0) is 15.6. The third kappa shape index (κ3) is 3.13. The number of nitro benzene ring substituents is 1. The van der Waals surface area contributed by atoms with Gasteiger partial charge in [0, 0.05) is 19.2 Å². The summed E-state index contributed by atoms with van der Waals surface area (Å²) < 4.78 is 5.35. The van der Waals surface area contributed by atoms with Crippen molar-refractivity contribution in [1.29, 1.82) is 0 Å². The Balaban J connectivity index is 2.41. The van der Waals surface area contributed by atoms with Crippen LogP contribution in [0.25, 0.3) is 0 Å². The quantitative estimate of drug-likeness (QED) is 0.672. The number of nitro groups is 1. The number of benzene rings is 1. The van der Waals surface area contributed by atoms with E-state index in [2.05, 4.69) is 0 Å². The number of ether oxygens (including phenoxy) is 1. The van der Waals surface area contributed by atoms with E-state index in [1.807, 2.05) is 0 Å².